The first-order chi connectivity index (χ1) is 13.5. The lowest BCUT2D eigenvalue weighted by atomic mass is 10.3. The zero-order chi connectivity index (χ0) is 19.7. The average Bonchev–Trinajstić information content (AvgIpc) is 3.29. The van der Waals surface area contributed by atoms with E-state index >= 15 is 0 Å². The molecule has 2 heterocycles. The van der Waals surface area contributed by atoms with Crippen LogP contribution in [0.4, 0.5) is 16.3 Å². The lowest BCUT2D eigenvalue weighted by Gasteiger charge is -2.10. The van der Waals surface area contributed by atoms with Gasteiger partial charge in [-0.2, -0.15) is 9.78 Å². The summed E-state index contributed by atoms with van der Waals surface area (Å²) >= 11 is 0. The van der Waals surface area contributed by atoms with Crippen molar-refractivity contribution in [1.29, 1.82) is 0 Å². The van der Waals surface area contributed by atoms with Gasteiger partial charge in [0.25, 0.3) is 5.56 Å². The molecule has 0 unspecified atom stereocenters. The van der Waals surface area contributed by atoms with E-state index in [1.54, 1.807) is 44.4 Å². The molecule has 4 rings (SSSR count). The highest BCUT2D eigenvalue weighted by Crippen LogP contribution is 2.20. The summed E-state index contributed by atoms with van der Waals surface area (Å²) in [7, 11) is 1.58. The number of H-pyrrole nitrogens is 1. The van der Waals surface area contributed by atoms with Crippen molar-refractivity contribution in [1.82, 2.24) is 19.7 Å². The van der Waals surface area contributed by atoms with Crippen LogP contribution in [0, 0.1) is 6.92 Å². The van der Waals surface area contributed by atoms with Crippen LogP contribution in [0.25, 0.3) is 5.95 Å². The van der Waals surface area contributed by atoms with Crippen molar-refractivity contribution in [2.24, 2.45) is 0 Å². The number of nitrogens with one attached hydrogen (secondary N) is 3. The number of aromatic amines is 1. The fourth-order valence-electron chi connectivity index (χ4n) is 3.23. The topological polar surface area (TPSA) is 114 Å². The van der Waals surface area contributed by atoms with Gasteiger partial charge >= 0.3 is 6.03 Å². The van der Waals surface area contributed by atoms with E-state index in [2.05, 4.69) is 25.7 Å². The molecule has 0 fully saturated rings. The third kappa shape index (κ3) is 3.46. The Balaban J connectivity index is 1.57. The second-order valence-corrected chi connectivity index (χ2v) is 6.56. The van der Waals surface area contributed by atoms with E-state index < -0.39 is 6.03 Å². The predicted octanol–water partition coefficient (Wildman–Crippen LogP) is 2.41. The number of carbonyl (C=O) groups excluding carboxylic acids is 1. The molecule has 1 aromatic carbocycles. The summed E-state index contributed by atoms with van der Waals surface area (Å²) in [6.45, 7) is 1.80. The third-order valence-corrected chi connectivity index (χ3v) is 4.55. The van der Waals surface area contributed by atoms with Gasteiger partial charge in [0.2, 0.25) is 5.95 Å². The molecule has 28 heavy (non-hydrogen) atoms. The number of ether oxygens (including phenoxy) is 1. The van der Waals surface area contributed by atoms with Crippen molar-refractivity contribution in [3.8, 4) is 11.7 Å². The highest BCUT2D eigenvalue weighted by molar-refractivity contribution is 5.99. The van der Waals surface area contributed by atoms with Crippen LogP contribution >= 0.6 is 0 Å². The first kappa shape index (κ1) is 17.8. The number of hydrogen-bond acceptors (Lipinski definition) is 5. The van der Waals surface area contributed by atoms with E-state index in [-0.39, 0.29) is 5.56 Å². The van der Waals surface area contributed by atoms with Gasteiger partial charge in [0.1, 0.15) is 11.6 Å². The Kier molecular flexibility index (Phi) is 4.56. The largest absolute Gasteiger partial charge is 0.497 e. The number of hydrogen-bond donors (Lipinski definition) is 3. The average molecular weight is 380 g/mol. The molecule has 144 valence electrons. The molecule has 9 heteroatoms. The monoisotopic (exact) mass is 380 g/mol. The molecule has 9 nitrogen and oxygen atoms in total. The summed E-state index contributed by atoms with van der Waals surface area (Å²) in [4.78, 5) is 32.0. The zero-order valence-corrected chi connectivity index (χ0v) is 15.6. The number of aromatic nitrogens is 4. The van der Waals surface area contributed by atoms with Crippen LogP contribution in [0.2, 0.25) is 0 Å². The number of rotatable bonds is 4. The van der Waals surface area contributed by atoms with Crippen molar-refractivity contribution in [3.05, 3.63) is 57.6 Å². The Morgan fingerprint density at radius 3 is 2.75 bits per heavy atom. The van der Waals surface area contributed by atoms with Gasteiger partial charge in [-0.25, -0.2) is 9.78 Å². The Morgan fingerprint density at radius 2 is 2.00 bits per heavy atom. The Morgan fingerprint density at radius 1 is 1.21 bits per heavy atom. The van der Waals surface area contributed by atoms with Crippen molar-refractivity contribution >= 4 is 17.5 Å². The minimum Gasteiger partial charge on any atom is -0.497 e. The number of nitrogens with zero attached hydrogens (tertiary/aromatic N) is 3. The maximum absolute atomic E-state index is 12.4. The van der Waals surface area contributed by atoms with Crippen molar-refractivity contribution in [3.63, 3.8) is 0 Å². The van der Waals surface area contributed by atoms with E-state index in [0.29, 0.717) is 28.9 Å². The number of benzene rings is 1. The van der Waals surface area contributed by atoms with Crippen LogP contribution in [-0.2, 0) is 12.8 Å². The third-order valence-electron chi connectivity index (χ3n) is 4.55. The van der Waals surface area contributed by atoms with E-state index in [9.17, 15) is 9.59 Å². The molecule has 0 radical (unpaired) electrons. The van der Waals surface area contributed by atoms with E-state index in [4.69, 9.17) is 4.74 Å². The molecule has 3 N–H and O–H groups in total. The van der Waals surface area contributed by atoms with Crippen LogP contribution in [0.1, 0.15) is 23.4 Å². The number of aryl methyl sites for hydroxylation is 2. The first-order valence-electron chi connectivity index (χ1n) is 8.94. The van der Waals surface area contributed by atoms with E-state index in [0.717, 1.165) is 30.5 Å². The number of fused-ring (bicyclic) bond motifs is 1. The molecule has 0 aliphatic heterocycles. The van der Waals surface area contributed by atoms with Gasteiger partial charge in [0, 0.05) is 17.3 Å². The number of urea groups is 1. The molecule has 2 aromatic heterocycles. The Bertz CT molecular complexity index is 1080. The minimum absolute atomic E-state index is 0.153. The molecule has 2 amide bonds. The van der Waals surface area contributed by atoms with E-state index in [1.807, 2.05) is 0 Å². The smallest absolute Gasteiger partial charge is 0.324 e. The van der Waals surface area contributed by atoms with Gasteiger partial charge in [-0.15, -0.1) is 0 Å². The number of methoxy groups -OCH3 is 1. The lowest BCUT2D eigenvalue weighted by Crippen LogP contribution is -2.23. The Labute approximate surface area is 160 Å². The highest BCUT2D eigenvalue weighted by atomic mass is 16.5. The number of amides is 2. The maximum Gasteiger partial charge on any atom is 0.324 e. The molecule has 0 bridgehead atoms. The van der Waals surface area contributed by atoms with Gasteiger partial charge < -0.3 is 10.1 Å². The summed E-state index contributed by atoms with van der Waals surface area (Å²) in [5, 5.41) is 9.85. The van der Waals surface area contributed by atoms with Gasteiger partial charge in [-0.3, -0.25) is 15.1 Å². The quantitative estimate of drug-likeness (QED) is 0.643. The van der Waals surface area contributed by atoms with Gasteiger partial charge in [0.05, 0.1) is 18.5 Å². The minimum atomic E-state index is -0.435. The highest BCUT2D eigenvalue weighted by Gasteiger charge is 2.20. The maximum atomic E-state index is 12.4. The summed E-state index contributed by atoms with van der Waals surface area (Å²) < 4.78 is 6.54. The van der Waals surface area contributed by atoms with E-state index in [1.165, 1.54) is 4.68 Å². The fourth-order valence-corrected chi connectivity index (χ4v) is 3.23. The van der Waals surface area contributed by atoms with Crippen LogP contribution < -0.4 is 20.9 Å². The molecular weight excluding hydrogens is 360 g/mol. The van der Waals surface area contributed by atoms with Crippen LogP contribution in [0.3, 0.4) is 0 Å². The SMILES string of the molecule is COc1ccc(NC(=O)Nc2cc(C)nn2-c2nc3c(c(=O)[nH]2)CCC3)cc1. The van der Waals surface area contributed by atoms with Crippen molar-refractivity contribution in [2.75, 3.05) is 17.7 Å². The Hall–Kier alpha value is -3.62. The molecule has 1 aliphatic carbocycles. The second-order valence-electron chi connectivity index (χ2n) is 6.56. The molecule has 0 spiro atoms. The summed E-state index contributed by atoms with van der Waals surface area (Å²) in [6.07, 6.45) is 2.43. The zero-order valence-electron chi connectivity index (χ0n) is 15.6. The molecule has 0 saturated heterocycles. The van der Waals surface area contributed by atoms with Crippen LogP contribution in [0.5, 0.6) is 5.75 Å². The fraction of sp³-hybridized carbons (Fsp3) is 0.263. The summed E-state index contributed by atoms with van der Waals surface area (Å²) in [6, 6.07) is 8.25. The standard InChI is InChI=1S/C19H20N6O3/c1-11-10-16(22-19(27)20-12-6-8-13(28-2)9-7-12)25(24-11)18-21-15-5-3-4-14(15)17(26)23-18/h6-10H,3-5H2,1-2H3,(H2,20,22,27)(H,21,23,26). The van der Waals surface area contributed by atoms with Gasteiger partial charge in [-0.05, 0) is 50.5 Å². The van der Waals surface area contributed by atoms with Gasteiger partial charge in [0.15, 0.2) is 0 Å². The van der Waals surface area contributed by atoms with Crippen molar-refractivity contribution < 1.29 is 9.53 Å². The molecular formula is C19H20N6O3. The predicted molar refractivity (Wildman–Crippen MR) is 104 cm³/mol. The van der Waals surface area contributed by atoms with Crippen LogP contribution in [-0.4, -0.2) is 32.9 Å². The normalized spacial score (nSPS) is 12.5. The van der Waals surface area contributed by atoms with Gasteiger partial charge in [-0.1, -0.05) is 0 Å². The molecule has 0 atom stereocenters. The second kappa shape index (κ2) is 7.18. The number of anilines is 2. The summed E-state index contributed by atoms with van der Waals surface area (Å²) in [5.74, 6) is 1.40. The molecule has 1 aliphatic rings. The number of carbonyl (C=O) groups is 1. The molecule has 0 saturated carbocycles. The van der Waals surface area contributed by atoms with Crippen molar-refractivity contribution in [2.45, 2.75) is 26.2 Å². The summed E-state index contributed by atoms with van der Waals surface area (Å²) in [5.41, 5.74) is 2.67. The molecule has 3 aromatic rings. The van der Waals surface area contributed by atoms with Crippen LogP contribution in [0.15, 0.2) is 35.1 Å². The lowest BCUT2D eigenvalue weighted by molar-refractivity contribution is 0.262. The first-order valence-corrected chi connectivity index (χ1v) is 8.94.